The summed E-state index contributed by atoms with van der Waals surface area (Å²) in [5, 5.41) is 12.1. The van der Waals surface area contributed by atoms with Gasteiger partial charge in [-0.15, -0.1) is 0 Å². The molecule has 1 aliphatic rings. The lowest BCUT2D eigenvalue weighted by Gasteiger charge is -2.26. The number of sulfonamides is 1. The SMILES string of the molecule is Cn1c(CCNC(=O)c2cccc(S(=O)(=O)N3CCNC(=O)C3)c2)n[nH]c1=S. The highest BCUT2D eigenvalue weighted by Crippen LogP contribution is 2.18. The third-order valence-electron chi connectivity index (χ3n) is 4.34. The van der Waals surface area contributed by atoms with E-state index >= 15 is 0 Å². The Morgan fingerprint density at radius 1 is 1.39 bits per heavy atom. The molecule has 2 amide bonds. The van der Waals surface area contributed by atoms with E-state index in [-0.39, 0.29) is 36.0 Å². The van der Waals surface area contributed by atoms with Gasteiger partial charge < -0.3 is 15.2 Å². The minimum Gasteiger partial charge on any atom is -0.354 e. The number of piperazine rings is 1. The average Bonchev–Trinajstić information content (AvgIpc) is 3.00. The molecule has 1 aromatic carbocycles. The smallest absolute Gasteiger partial charge is 0.251 e. The molecule has 0 bridgehead atoms. The van der Waals surface area contributed by atoms with Gasteiger partial charge in [0, 0.05) is 38.7 Å². The number of rotatable bonds is 6. The molecule has 0 atom stereocenters. The van der Waals surface area contributed by atoms with E-state index in [1.807, 2.05) is 0 Å². The molecule has 0 spiro atoms. The highest BCUT2D eigenvalue weighted by molar-refractivity contribution is 7.89. The summed E-state index contributed by atoms with van der Waals surface area (Å²) in [5.41, 5.74) is 0.220. The Labute approximate surface area is 167 Å². The summed E-state index contributed by atoms with van der Waals surface area (Å²) in [4.78, 5) is 23.9. The van der Waals surface area contributed by atoms with Crippen LogP contribution < -0.4 is 10.6 Å². The number of hydrogen-bond acceptors (Lipinski definition) is 6. The highest BCUT2D eigenvalue weighted by Gasteiger charge is 2.29. The molecule has 28 heavy (non-hydrogen) atoms. The fourth-order valence-corrected chi connectivity index (χ4v) is 4.35. The van der Waals surface area contributed by atoms with Crippen molar-refractivity contribution < 1.29 is 18.0 Å². The number of aromatic amines is 1. The lowest BCUT2D eigenvalue weighted by atomic mass is 10.2. The summed E-state index contributed by atoms with van der Waals surface area (Å²) < 4.78 is 28.8. The first-order chi connectivity index (χ1) is 13.3. The predicted octanol–water partition coefficient (Wildman–Crippen LogP) is -0.429. The van der Waals surface area contributed by atoms with Crippen molar-refractivity contribution in [2.75, 3.05) is 26.2 Å². The average molecular weight is 425 g/mol. The zero-order valence-electron chi connectivity index (χ0n) is 15.1. The number of carbonyl (C=O) groups is 2. The molecule has 150 valence electrons. The van der Waals surface area contributed by atoms with Gasteiger partial charge in [0.15, 0.2) is 4.77 Å². The zero-order chi connectivity index (χ0) is 20.3. The standard InChI is InChI=1S/C16H20N6O4S2/c1-21-13(19-20-16(21)27)5-6-18-15(24)11-3-2-4-12(9-11)28(25,26)22-8-7-17-14(23)10-22/h2-4,9H,5-8,10H2,1H3,(H,17,23)(H,18,24)(H,20,27). The first-order valence-corrected chi connectivity index (χ1v) is 10.4. The molecule has 2 heterocycles. The van der Waals surface area contributed by atoms with Crippen LogP contribution >= 0.6 is 12.2 Å². The number of carbonyl (C=O) groups excluding carboxylic acids is 2. The van der Waals surface area contributed by atoms with Gasteiger partial charge in [0.1, 0.15) is 5.82 Å². The van der Waals surface area contributed by atoms with E-state index in [0.717, 1.165) is 4.31 Å². The number of hydrogen-bond donors (Lipinski definition) is 3. The number of amides is 2. The number of nitrogens with one attached hydrogen (secondary N) is 3. The predicted molar refractivity (Wildman–Crippen MR) is 103 cm³/mol. The maximum atomic E-state index is 12.7. The molecule has 2 aromatic rings. The second-order valence-electron chi connectivity index (χ2n) is 6.23. The molecule has 0 unspecified atom stereocenters. The summed E-state index contributed by atoms with van der Waals surface area (Å²) in [6.07, 6.45) is 0.469. The van der Waals surface area contributed by atoms with Crippen LogP contribution in [0.3, 0.4) is 0 Å². The topological polar surface area (TPSA) is 129 Å². The summed E-state index contributed by atoms with van der Waals surface area (Å²) in [5.74, 6) is -0.0484. The lowest BCUT2D eigenvalue weighted by Crippen LogP contribution is -2.49. The van der Waals surface area contributed by atoms with Gasteiger partial charge in [-0.25, -0.2) is 8.42 Å². The molecule has 12 heteroatoms. The maximum Gasteiger partial charge on any atom is 0.251 e. The van der Waals surface area contributed by atoms with E-state index in [1.54, 1.807) is 11.6 Å². The van der Waals surface area contributed by atoms with Crippen molar-refractivity contribution in [1.29, 1.82) is 0 Å². The van der Waals surface area contributed by atoms with Gasteiger partial charge in [0.25, 0.3) is 5.91 Å². The van der Waals surface area contributed by atoms with Gasteiger partial charge in [0.05, 0.1) is 11.4 Å². The molecule has 1 fully saturated rings. The van der Waals surface area contributed by atoms with E-state index < -0.39 is 15.9 Å². The van der Waals surface area contributed by atoms with Crippen molar-refractivity contribution in [2.24, 2.45) is 7.05 Å². The van der Waals surface area contributed by atoms with Crippen LogP contribution in [0, 0.1) is 4.77 Å². The van der Waals surface area contributed by atoms with Crippen molar-refractivity contribution in [2.45, 2.75) is 11.3 Å². The van der Waals surface area contributed by atoms with E-state index in [4.69, 9.17) is 12.2 Å². The monoisotopic (exact) mass is 424 g/mol. The highest BCUT2D eigenvalue weighted by atomic mass is 32.2. The van der Waals surface area contributed by atoms with Crippen LogP contribution in [0.2, 0.25) is 0 Å². The van der Waals surface area contributed by atoms with Crippen molar-refractivity contribution in [1.82, 2.24) is 29.7 Å². The Balaban J connectivity index is 1.68. The number of H-pyrrole nitrogens is 1. The minimum atomic E-state index is -3.85. The van der Waals surface area contributed by atoms with Crippen LogP contribution in [0.1, 0.15) is 16.2 Å². The van der Waals surface area contributed by atoms with Crippen LogP contribution in [-0.4, -0.2) is 65.5 Å². The molecule has 3 rings (SSSR count). The van der Waals surface area contributed by atoms with Gasteiger partial charge in [-0.3, -0.25) is 14.7 Å². The third-order valence-corrected chi connectivity index (χ3v) is 6.55. The Bertz CT molecular complexity index is 1060. The fourth-order valence-electron chi connectivity index (χ4n) is 2.76. The molecule has 0 radical (unpaired) electrons. The Morgan fingerprint density at radius 3 is 2.86 bits per heavy atom. The lowest BCUT2D eigenvalue weighted by molar-refractivity contribution is -0.122. The van der Waals surface area contributed by atoms with Gasteiger partial charge in [-0.1, -0.05) is 6.07 Å². The normalized spacial score (nSPS) is 15.2. The first-order valence-electron chi connectivity index (χ1n) is 8.54. The van der Waals surface area contributed by atoms with Crippen LogP contribution in [0.25, 0.3) is 0 Å². The van der Waals surface area contributed by atoms with E-state index in [1.165, 1.54) is 24.3 Å². The maximum absolute atomic E-state index is 12.7. The van der Waals surface area contributed by atoms with Crippen molar-refractivity contribution in [3.05, 3.63) is 40.4 Å². The molecule has 10 nitrogen and oxygen atoms in total. The van der Waals surface area contributed by atoms with E-state index in [9.17, 15) is 18.0 Å². The molecule has 0 saturated carbocycles. The Morgan fingerprint density at radius 2 is 2.18 bits per heavy atom. The summed E-state index contributed by atoms with van der Waals surface area (Å²) >= 11 is 5.03. The van der Waals surface area contributed by atoms with Crippen molar-refractivity contribution in [3.8, 4) is 0 Å². The molecule has 3 N–H and O–H groups in total. The molecule has 1 saturated heterocycles. The molecule has 1 aromatic heterocycles. The third kappa shape index (κ3) is 4.29. The quantitative estimate of drug-likeness (QED) is 0.540. The summed E-state index contributed by atoms with van der Waals surface area (Å²) in [6.45, 7) is 0.532. The van der Waals surface area contributed by atoms with Gasteiger partial charge in [-0.05, 0) is 30.4 Å². The molecular formula is C16H20N6O4S2. The van der Waals surface area contributed by atoms with E-state index in [2.05, 4.69) is 20.8 Å². The fraction of sp³-hybridized carbons (Fsp3) is 0.375. The second-order valence-corrected chi connectivity index (χ2v) is 8.55. The van der Waals surface area contributed by atoms with Crippen LogP contribution in [0.15, 0.2) is 29.2 Å². The largest absolute Gasteiger partial charge is 0.354 e. The molecule has 0 aliphatic carbocycles. The van der Waals surface area contributed by atoms with Crippen LogP contribution in [0.5, 0.6) is 0 Å². The number of aromatic nitrogens is 3. The first kappa shape index (κ1) is 20.2. The summed E-state index contributed by atoms with van der Waals surface area (Å²) in [7, 11) is -2.08. The molecule has 1 aliphatic heterocycles. The minimum absolute atomic E-state index is 0.0238. The van der Waals surface area contributed by atoms with Crippen molar-refractivity contribution >= 4 is 34.1 Å². The van der Waals surface area contributed by atoms with Gasteiger partial charge in [-0.2, -0.15) is 9.40 Å². The van der Waals surface area contributed by atoms with Crippen LogP contribution in [0.4, 0.5) is 0 Å². The second kappa shape index (κ2) is 8.20. The zero-order valence-corrected chi connectivity index (χ0v) is 16.8. The Hall–Kier alpha value is -2.57. The van der Waals surface area contributed by atoms with Crippen LogP contribution in [-0.2, 0) is 28.3 Å². The molecular weight excluding hydrogens is 404 g/mol. The number of nitrogens with zero attached hydrogens (tertiary/aromatic N) is 3. The van der Waals surface area contributed by atoms with Gasteiger partial charge in [0.2, 0.25) is 15.9 Å². The number of benzene rings is 1. The van der Waals surface area contributed by atoms with Crippen molar-refractivity contribution in [3.63, 3.8) is 0 Å². The van der Waals surface area contributed by atoms with Gasteiger partial charge >= 0.3 is 0 Å². The Kier molecular flexibility index (Phi) is 5.91. The summed E-state index contributed by atoms with van der Waals surface area (Å²) in [6, 6.07) is 5.76. The van der Waals surface area contributed by atoms with E-state index in [0.29, 0.717) is 23.6 Å².